The maximum absolute atomic E-state index is 11.9. The number of hydrogen-bond acceptors (Lipinski definition) is 2. The van der Waals surface area contributed by atoms with Crippen LogP contribution in [0.25, 0.3) is 0 Å². The molecule has 1 amide bonds. The van der Waals surface area contributed by atoms with E-state index in [-0.39, 0.29) is 5.91 Å². The number of halogens is 1. The molecule has 0 aliphatic rings. The Morgan fingerprint density at radius 3 is 2.68 bits per heavy atom. The Kier molecular flexibility index (Phi) is 5.61. The van der Waals surface area contributed by atoms with Crippen LogP contribution < -0.4 is 5.32 Å². The fraction of sp³-hybridized carbons (Fsp3) is 0.412. The molecule has 2 aromatic rings. The van der Waals surface area contributed by atoms with Crippen LogP contribution in [0.2, 0.25) is 0 Å². The zero-order chi connectivity index (χ0) is 16.0. The van der Waals surface area contributed by atoms with Crippen molar-refractivity contribution in [1.29, 1.82) is 0 Å². The van der Waals surface area contributed by atoms with Crippen molar-refractivity contribution < 1.29 is 4.79 Å². The first-order valence-electron chi connectivity index (χ1n) is 7.46. The van der Waals surface area contributed by atoms with E-state index in [1.54, 1.807) is 0 Å². The van der Waals surface area contributed by atoms with Gasteiger partial charge >= 0.3 is 0 Å². The third kappa shape index (κ3) is 4.60. The average Bonchev–Trinajstić information content (AvgIpc) is 2.95. The molecule has 0 fully saturated rings. The van der Waals surface area contributed by atoms with Crippen molar-refractivity contribution in [3.8, 4) is 0 Å². The summed E-state index contributed by atoms with van der Waals surface area (Å²) in [6.45, 7) is 4.64. The van der Waals surface area contributed by atoms with Gasteiger partial charge in [0.1, 0.15) is 0 Å². The molecule has 0 atom stereocenters. The van der Waals surface area contributed by atoms with Gasteiger partial charge in [-0.05, 0) is 31.9 Å². The Bertz CT molecular complexity index is 607. The van der Waals surface area contributed by atoms with Crippen molar-refractivity contribution in [2.45, 2.75) is 38.8 Å². The van der Waals surface area contributed by atoms with Crippen LogP contribution in [-0.4, -0.2) is 21.6 Å². The van der Waals surface area contributed by atoms with Crippen LogP contribution in [-0.2, 0) is 16.9 Å². The lowest BCUT2D eigenvalue weighted by atomic mass is 10.0. The predicted octanol–water partition coefficient (Wildman–Crippen LogP) is 3.30. The molecule has 0 aliphatic heterocycles. The van der Waals surface area contributed by atoms with Crippen LogP contribution in [0.3, 0.4) is 0 Å². The van der Waals surface area contributed by atoms with E-state index in [2.05, 4.69) is 22.5 Å². The maximum atomic E-state index is 11.9. The summed E-state index contributed by atoms with van der Waals surface area (Å²) in [6.07, 6.45) is 3.07. The van der Waals surface area contributed by atoms with E-state index in [0.29, 0.717) is 18.7 Å². The number of carbonyl (C=O) groups is 1. The molecule has 4 nitrogen and oxygen atoms in total. The van der Waals surface area contributed by atoms with E-state index in [4.69, 9.17) is 11.6 Å². The summed E-state index contributed by atoms with van der Waals surface area (Å²) in [5.74, 6) is 0.503. The fourth-order valence-corrected chi connectivity index (χ4v) is 2.39. The molecule has 0 unspecified atom stereocenters. The van der Waals surface area contributed by atoms with Gasteiger partial charge in [0.15, 0.2) is 0 Å². The number of rotatable bonds is 7. The Hall–Kier alpha value is -1.81. The van der Waals surface area contributed by atoms with Crippen molar-refractivity contribution in [3.05, 3.63) is 53.9 Å². The minimum atomic E-state index is -0.495. The highest BCUT2D eigenvalue weighted by molar-refractivity contribution is 6.17. The molecule has 0 spiro atoms. The topological polar surface area (TPSA) is 46.9 Å². The molecule has 5 heteroatoms. The van der Waals surface area contributed by atoms with Crippen LogP contribution in [0.15, 0.2) is 42.6 Å². The van der Waals surface area contributed by atoms with Crippen molar-refractivity contribution in [2.24, 2.45) is 0 Å². The van der Waals surface area contributed by atoms with E-state index in [0.717, 1.165) is 12.2 Å². The summed E-state index contributed by atoms with van der Waals surface area (Å²) < 4.78 is 1.89. The van der Waals surface area contributed by atoms with E-state index in [1.807, 2.05) is 49.0 Å². The number of alkyl halides is 1. The molecular weight excluding hydrogens is 298 g/mol. The second-order valence-corrected chi connectivity index (χ2v) is 6.23. The molecule has 0 bridgehead atoms. The van der Waals surface area contributed by atoms with Crippen LogP contribution in [0.1, 0.15) is 37.9 Å². The van der Waals surface area contributed by atoms with E-state index in [9.17, 15) is 4.79 Å². The fourth-order valence-electron chi connectivity index (χ4n) is 2.26. The molecule has 0 radical (unpaired) electrons. The molecule has 1 aromatic heterocycles. The minimum Gasteiger partial charge on any atom is -0.346 e. The van der Waals surface area contributed by atoms with Gasteiger partial charge in [-0.3, -0.25) is 9.48 Å². The molecule has 0 saturated heterocycles. The molecule has 118 valence electrons. The quantitative estimate of drug-likeness (QED) is 0.796. The highest BCUT2D eigenvalue weighted by atomic mass is 35.5. The zero-order valence-corrected chi connectivity index (χ0v) is 13.8. The number of hydrogen-bond donors (Lipinski definition) is 1. The summed E-state index contributed by atoms with van der Waals surface area (Å²) in [4.78, 5) is 11.9. The van der Waals surface area contributed by atoms with Gasteiger partial charge in [0.25, 0.3) is 0 Å². The summed E-state index contributed by atoms with van der Waals surface area (Å²) in [7, 11) is 0. The third-order valence-corrected chi connectivity index (χ3v) is 3.73. The maximum Gasteiger partial charge on any atom is 0.220 e. The highest BCUT2D eigenvalue weighted by Crippen LogP contribution is 2.18. The largest absolute Gasteiger partial charge is 0.346 e. The van der Waals surface area contributed by atoms with Crippen molar-refractivity contribution >= 4 is 17.5 Å². The van der Waals surface area contributed by atoms with Gasteiger partial charge in [-0.2, -0.15) is 5.10 Å². The molecule has 1 N–H and O–H groups in total. The summed E-state index contributed by atoms with van der Waals surface area (Å²) in [6, 6.07) is 12.1. The zero-order valence-electron chi connectivity index (χ0n) is 13.1. The summed E-state index contributed by atoms with van der Waals surface area (Å²) >= 11 is 5.62. The number of aromatic nitrogens is 2. The Labute approximate surface area is 136 Å². The van der Waals surface area contributed by atoms with E-state index >= 15 is 0 Å². The van der Waals surface area contributed by atoms with Crippen LogP contribution in [0, 0.1) is 0 Å². The normalized spacial score (nSPS) is 11.4. The molecule has 0 aliphatic carbocycles. The molecule has 1 heterocycles. The summed E-state index contributed by atoms with van der Waals surface area (Å²) in [5, 5.41) is 7.60. The second-order valence-electron chi connectivity index (χ2n) is 5.85. The van der Waals surface area contributed by atoms with E-state index in [1.165, 1.54) is 5.56 Å². The van der Waals surface area contributed by atoms with Gasteiger partial charge in [0, 0.05) is 18.5 Å². The van der Waals surface area contributed by atoms with Crippen LogP contribution >= 0.6 is 11.6 Å². The van der Waals surface area contributed by atoms with Crippen LogP contribution in [0.5, 0.6) is 0 Å². The monoisotopic (exact) mass is 319 g/mol. The lowest BCUT2D eigenvalue weighted by Crippen LogP contribution is -2.41. The molecule has 0 saturated carbocycles. The van der Waals surface area contributed by atoms with Gasteiger partial charge in [0.2, 0.25) is 5.91 Å². The Morgan fingerprint density at radius 1 is 1.27 bits per heavy atom. The van der Waals surface area contributed by atoms with Gasteiger partial charge in [0.05, 0.1) is 17.8 Å². The van der Waals surface area contributed by atoms with Crippen molar-refractivity contribution in [2.75, 3.05) is 5.88 Å². The number of benzene rings is 1. The Morgan fingerprint density at radius 2 is 2.00 bits per heavy atom. The first-order valence-corrected chi connectivity index (χ1v) is 7.99. The van der Waals surface area contributed by atoms with Gasteiger partial charge in [-0.25, -0.2) is 0 Å². The second kappa shape index (κ2) is 7.45. The lowest BCUT2D eigenvalue weighted by Gasteiger charge is -2.24. The van der Waals surface area contributed by atoms with Crippen molar-refractivity contribution in [1.82, 2.24) is 15.1 Å². The third-order valence-electron chi connectivity index (χ3n) is 3.46. The van der Waals surface area contributed by atoms with Crippen LogP contribution in [0.4, 0.5) is 0 Å². The SMILES string of the molecule is CC(C)(NC(=O)CCCCl)c1ccn(Cc2ccccc2)n1. The predicted molar refractivity (Wildman–Crippen MR) is 88.9 cm³/mol. The van der Waals surface area contributed by atoms with Gasteiger partial charge in [-0.15, -0.1) is 11.6 Å². The first kappa shape index (κ1) is 16.6. The standard InChI is InChI=1S/C17H22ClN3O/c1-17(2,19-16(22)9-6-11-18)15-10-12-21(20-15)13-14-7-4-3-5-8-14/h3-5,7-8,10,12H,6,9,11,13H2,1-2H3,(H,19,22). The number of nitrogens with one attached hydrogen (secondary N) is 1. The van der Waals surface area contributed by atoms with Gasteiger partial charge < -0.3 is 5.32 Å². The molecule has 22 heavy (non-hydrogen) atoms. The molecule has 1 aromatic carbocycles. The first-order chi connectivity index (χ1) is 10.5. The summed E-state index contributed by atoms with van der Waals surface area (Å²) in [5.41, 5.74) is 1.55. The minimum absolute atomic E-state index is 0.00302. The number of amides is 1. The highest BCUT2D eigenvalue weighted by Gasteiger charge is 2.25. The number of carbonyl (C=O) groups excluding carboxylic acids is 1. The molecule has 2 rings (SSSR count). The number of nitrogens with zero attached hydrogens (tertiary/aromatic N) is 2. The van der Waals surface area contributed by atoms with E-state index < -0.39 is 5.54 Å². The molecular formula is C17H22ClN3O. The average molecular weight is 320 g/mol. The smallest absolute Gasteiger partial charge is 0.220 e. The van der Waals surface area contributed by atoms with Crippen molar-refractivity contribution in [3.63, 3.8) is 0 Å². The lowest BCUT2D eigenvalue weighted by molar-refractivity contribution is -0.122. The van der Waals surface area contributed by atoms with Gasteiger partial charge in [-0.1, -0.05) is 30.3 Å². The Balaban J connectivity index is 2.01.